The summed E-state index contributed by atoms with van der Waals surface area (Å²) in [5, 5.41) is 0. The first-order chi connectivity index (χ1) is 16.9. The largest absolute Gasteiger partial charge is 0.432 e. The minimum absolute atomic E-state index is 0.0133. The molecule has 2 unspecified atom stereocenters. The van der Waals surface area contributed by atoms with Gasteiger partial charge in [-0.25, -0.2) is 30.7 Å². The van der Waals surface area contributed by atoms with E-state index in [0.29, 0.717) is 25.0 Å². The molecule has 2 nitrogen and oxygen atoms in total. The summed E-state index contributed by atoms with van der Waals surface area (Å²) >= 11 is 0. The minimum Gasteiger partial charge on any atom is -0.429 e. The van der Waals surface area contributed by atoms with Gasteiger partial charge in [0.2, 0.25) is 0 Å². The van der Waals surface area contributed by atoms with Crippen LogP contribution in [-0.2, 0) is 10.8 Å². The predicted octanol–water partition coefficient (Wildman–Crippen LogP) is 7.74. The van der Waals surface area contributed by atoms with E-state index >= 15 is 0 Å². The first-order valence-corrected chi connectivity index (χ1v) is 10.7. The zero-order valence-corrected chi connectivity index (χ0v) is 18.5. The Kier molecular flexibility index (Phi) is 6.96. The van der Waals surface area contributed by atoms with Gasteiger partial charge in [0.1, 0.15) is 22.9 Å². The summed E-state index contributed by atoms with van der Waals surface area (Å²) in [7, 11) is 0. The van der Waals surface area contributed by atoms with E-state index in [4.69, 9.17) is 4.74 Å². The topological polar surface area (TPSA) is 18.5 Å². The van der Waals surface area contributed by atoms with Crippen LogP contribution in [0.15, 0.2) is 36.4 Å². The molecule has 3 aromatic rings. The van der Waals surface area contributed by atoms with Crippen LogP contribution in [0.4, 0.5) is 39.5 Å². The van der Waals surface area contributed by atoms with E-state index in [9.17, 15) is 39.5 Å². The predicted molar refractivity (Wildman–Crippen MR) is 110 cm³/mol. The fraction of sp³-hybridized carbons (Fsp3) is 0.280. The number of hydrogen-bond acceptors (Lipinski definition) is 2. The van der Waals surface area contributed by atoms with Crippen molar-refractivity contribution in [2.24, 2.45) is 0 Å². The number of ether oxygens (including phenoxy) is 2. The van der Waals surface area contributed by atoms with Gasteiger partial charge < -0.3 is 9.47 Å². The molecule has 1 aliphatic heterocycles. The smallest absolute Gasteiger partial charge is 0.429 e. The molecule has 192 valence electrons. The molecule has 0 saturated carbocycles. The lowest BCUT2D eigenvalue weighted by atomic mass is 9.89. The van der Waals surface area contributed by atoms with E-state index in [-0.39, 0.29) is 30.4 Å². The van der Waals surface area contributed by atoms with Crippen LogP contribution in [0.1, 0.15) is 36.8 Å². The summed E-state index contributed by atoms with van der Waals surface area (Å²) in [6, 6.07) is 3.10. The summed E-state index contributed by atoms with van der Waals surface area (Å²) in [6.07, 6.45) is -3.68. The quantitative estimate of drug-likeness (QED) is 0.253. The van der Waals surface area contributed by atoms with Crippen LogP contribution in [0.3, 0.4) is 0 Å². The Labute approximate surface area is 199 Å². The average Bonchev–Trinajstić information content (AvgIpc) is 2.79. The van der Waals surface area contributed by atoms with Crippen LogP contribution in [0.5, 0.6) is 5.75 Å². The van der Waals surface area contributed by atoms with Crippen molar-refractivity contribution in [2.45, 2.75) is 37.9 Å². The van der Waals surface area contributed by atoms with Gasteiger partial charge in [0, 0.05) is 23.6 Å². The molecule has 0 amide bonds. The fourth-order valence-corrected chi connectivity index (χ4v) is 4.03. The van der Waals surface area contributed by atoms with Gasteiger partial charge in [0.15, 0.2) is 29.1 Å². The number of benzene rings is 3. The lowest BCUT2D eigenvalue weighted by Crippen LogP contribution is -2.25. The standard InChI is InChI=1S/C25H17F9O2/c1-11-2-3-12(10-35-11)15-4-5-16(23(31)22(15)30)13-6-17(26)21(18(27)7-13)25(33,34)36-14-8-19(28)24(32)20(29)9-14/h4-9,11-12H,2-3,10H2,1H3. The molecule has 2 atom stereocenters. The number of halogens is 9. The van der Waals surface area contributed by atoms with Gasteiger partial charge in [-0.3, -0.25) is 0 Å². The van der Waals surface area contributed by atoms with E-state index in [1.807, 2.05) is 6.92 Å². The monoisotopic (exact) mass is 520 g/mol. The first kappa shape index (κ1) is 25.9. The number of rotatable bonds is 5. The molecule has 0 N–H and O–H groups in total. The number of alkyl halides is 2. The van der Waals surface area contributed by atoms with Crippen LogP contribution >= 0.6 is 0 Å². The Morgan fingerprint density at radius 1 is 0.778 bits per heavy atom. The van der Waals surface area contributed by atoms with E-state index in [1.54, 1.807) is 0 Å². The highest BCUT2D eigenvalue weighted by Gasteiger charge is 2.42. The zero-order valence-electron chi connectivity index (χ0n) is 18.5. The molecule has 0 spiro atoms. The molecule has 0 radical (unpaired) electrons. The average molecular weight is 520 g/mol. The molecule has 0 aromatic heterocycles. The second-order valence-corrected chi connectivity index (χ2v) is 8.38. The Hall–Kier alpha value is -3.21. The van der Waals surface area contributed by atoms with Crippen molar-refractivity contribution >= 4 is 0 Å². The Balaban J connectivity index is 1.66. The van der Waals surface area contributed by atoms with Gasteiger partial charge in [-0.05, 0) is 43.0 Å². The van der Waals surface area contributed by atoms with Crippen LogP contribution in [0.2, 0.25) is 0 Å². The second kappa shape index (κ2) is 9.68. The third-order valence-electron chi connectivity index (χ3n) is 5.90. The van der Waals surface area contributed by atoms with Crippen LogP contribution in [0.25, 0.3) is 11.1 Å². The highest BCUT2D eigenvalue weighted by Crippen LogP contribution is 2.39. The van der Waals surface area contributed by atoms with E-state index < -0.39 is 75.2 Å². The summed E-state index contributed by atoms with van der Waals surface area (Å²) < 4.78 is 137. The van der Waals surface area contributed by atoms with Crippen LogP contribution in [0, 0.1) is 40.7 Å². The molecular formula is C25H17F9O2. The Morgan fingerprint density at radius 2 is 1.39 bits per heavy atom. The second-order valence-electron chi connectivity index (χ2n) is 8.38. The lowest BCUT2D eigenvalue weighted by Gasteiger charge is -2.27. The minimum atomic E-state index is -4.81. The maximum absolute atomic E-state index is 14.8. The normalized spacial score (nSPS) is 18.4. The molecule has 11 heteroatoms. The lowest BCUT2D eigenvalue weighted by molar-refractivity contribution is -0.189. The third-order valence-corrected chi connectivity index (χ3v) is 5.90. The van der Waals surface area contributed by atoms with Crippen LogP contribution in [-0.4, -0.2) is 12.7 Å². The van der Waals surface area contributed by atoms with Crippen molar-refractivity contribution in [3.63, 3.8) is 0 Å². The molecule has 1 fully saturated rings. The summed E-state index contributed by atoms with van der Waals surface area (Å²) in [6.45, 7) is 2.00. The summed E-state index contributed by atoms with van der Waals surface area (Å²) in [4.78, 5) is 0. The van der Waals surface area contributed by atoms with Gasteiger partial charge in [-0.2, -0.15) is 8.78 Å². The zero-order chi connectivity index (χ0) is 26.4. The highest BCUT2D eigenvalue weighted by molar-refractivity contribution is 5.66. The molecule has 1 aliphatic rings. The van der Waals surface area contributed by atoms with Crippen molar-refractivity contribution < 1.29 is 49.0 Å². The molecule has 0 aliphatic carbocycles. The van der Waals surface area contributed by atoms with Crippen molar-refractivity contribution in [2.75, 3.05) is 6.61 Å². The maximum atomic E-state index is 14.8. The highest BCUT2D eigenvalue weighted by atomic mass is 19.3. The third kappa shape index (κ3) is 4.88. The van der Waals surface area contributed by atoms with Crippen molar-refractivity contribution in [3.05, 3.63) is 88.2 Å². The van der Waals surface area contributed by atoms with E-state index in [0.717, 1.165) is 6.07 Å². The Morgan fingerprint density at radius 3 is 1.94 bits per heavy atom. The molecule has 0 bridgehead atoms. The van der Waals surface area contributed by atoms with Gasteiger partial charge in [-0.1, -0.05) is 12.1 Å². The van der Waals surface area contributed by atoms with E-state index in [2.05, 4.69) is 4.74 Å². The van der Waals surface area contributed by atoms with Gasteiger partial charge >= 0.3 is 6.11 Å². The number of hydrogen-bond donors (Lipinski definition) is 0. The summed E-state index contributed by atoms with van der Waals surface area (Å²) in [5.41, 5.74) is -3.11. The maximum Gasteiger partial charge on any atom is 0.432 e. The van der Waals surface area contributed by atoms with Crippen molar-refractivity contribution in [1.82, 2.24) is 0 Å². The molecule has 4 rings (SSSR count). The summed E-state index contributed by atoms with van der Waals surface area (Å²) in [5.74, 6) is -13.9. The molecule has 1 saturated heterocycles. The van der Waals surface area contributed by atoms with Gasteiger partial charge in [0.05, 0.1) is 12.7 Å². The van der Waals surface area contributed by atoms with Gasteiger partial charge in [0.25, 0.3) is 0 Å². The molecule has 1 heterocycles. The van der Waals surface area contributed by atoms with E-state index in [1.165, 1.54) is 6.07 Å². The van der Waals surface area contributed by atoms with Crippen molar-refractivity contribution in [3.8, 4) is 16.9 Å². The van der Waals surface area contributed by atoms with Crippen LogP contribution < -0.4 is 4.74 Å². The molecule has 36 heavy (non-hydrogen) atoms. The Bertz CT molecular complexity index is 1250. The van der Waals surface area contributed by atoms with Crippen molar-refractivity contribution in [1.29, 1.82) is 0 Å². The first-order valence-electron chi connectivity index (χ1n) is 10.7. The molecule has 3 aromatic carbocycles. The molecular weight excluding hydrogens is 503 g/mol. The fourth-order valence-electron chi connectivity index (χ4n) is 4.03. The van der Waals surface area contributed by atoms with Gasteiger partial charge in [-0.15, -0.1) is 0 Å². The SMILES string of the molecule is CC1CCC(c2ccc(-c3cc(F)c(C(F)(F)Oc4cc(F)c(F)c(F)c4)c(F)c3)c(F)c2F)CO1.